The van der Waals surface area contributed by atoms with Gasteiger partial charge in [-0.05, 0) is 55.3 Å². The monoisotopic (exact) mass is 482 g/mol. The van der Waals surface area contributed by atoms with E-state index in [1.807, 2.05) is 50.2 Å². The standard InChI is InChI=1S/C19H20Br2N2O3/c1-3-13-9-15(20)5-7-17(13)26-12-19(24)23-22-11-14-10-16(21)6-8-18(14)25-4-2/h5-11H,3-4,12H2,1-2H3,(H,23,24)/b22-11+. The minimum absolute atomic E-state index is 0.108. The van der Waals surface area contributed by atoms with Crippen LogP contribution < -0.4 is 14.9 Å². The minimum atomic E-state index is -0.334. The number of carbonyl (C=O) groups excluding carboxylic acids is 1. The number of halogens is 2. The highest BCUT2D eigenvalue weighted by Gasteiger charge is 2.07. The zero-order valence-electron chi connectivity index (χ0n) is 14.6. The highest BCUT2D eigenvalue weighted by atomic mass is 79.9. The Hall–Kier alpha value is -1.86. The molecule has 138 valence electrons. The molecule has 0 aliphatic rings. The van der Waals surface area contributed by atoms with Gasteiger partial charge in [0.15, 0.2) is 6.61 Å². The van der Waals surface area contributed by atoms with Crippen LogP contribution in [-0.4, -0.2) is 25.3 Å². The molecule has 26 heavy (non-hydrogen) atoms. The molecule has 1 amide bonds. The molecule has 0 aromatic heterocycles. The van der Waals surface area contributed by atoms with Gasteiger partial charge >= 0.3 is 0 Å². The van der Waals surface area contributed by atoms with Crippen LogP contribution in [0.4, 0.5) is 0 Å². The molecule has 0 atom stereocenters. The molecule has 0 saturated carbocycles. The SMILES string of the molecule is CCOc1ccc(Br)cc1/C=N/NC(=O)COc1ccc(Br)cc1CC. The van der Waals surface area contributed by atoms with E-state index in [2.05, 4.69) is 42.4 Å². The zero-order valence-corrected chi connectivity index (χ0v) is 17.8. The second-order valence-corrected chi connectivity index (χ2v) is 7.13. The van der Waals surface area contributed by atoms with Crippen LogP contribution in [0.3, 0.4) is 0 Å². The maximum atomic E-state index is 12.0. The van der Waals surface area contributed by atoms with Crippen molar-refractivity contribution in [3.8, 4) is 11.5 Å². The highest BCUT2D eigenvalue weighted by molar-refractivity contribution is 9.10. The summed E-state index contributed by atoms with van der Waals surface area (Å²) < 4.78 is 13.0. The number of nitrogens with zero attached hydrogens (tertiary/aromatic N) is 1. The van der Waals surface area contributed by atoms with E-state index in [1.54, 1.807) is 6.21 Å². The summed E-state index contributed by atoms with van der Waals surface area (Å²) in [7, 11) is 0. The summed E-state index contributed by atoms with van der Waals surface area (Å²) in [6.45, 7) is 4.39. The largest absolute Gasteiger partial charge is 0.493 e. The summed E-state index contributed by atoms with van der Waals surface area (Å²) in [5, 5.41) is 3.98. The fraction of sp³-hybridized carbons (Fsp3) is 0.263. The van der Waals surface area contributed by atoms with Crippen molar-refractivity contribution in [2.75, 3.05) is 13.2 Å². The highest BCUT2D eigenvalue weighted by Crippen LogP contribution is 2.24. The molecule has 0 spiro atoms. The fourth-order valence-electron chi connectivity index (χ4n) is 2.22. The van der Waals surface area contributed by atoms with Crippen LogP contribution in [0.5, 0.6) is 11.5 Å². The van der Waals surface area contributed by atoms with Gasteiger partial charge in [-0.15, -0.1) is 0 Å². The second kappa shape index (κ2) is 10.3. The summed E-state index contributed by atoms with van der Waals surface area (Å²) in [5.41, 5.74) is 4.27. The van der Waals surface area contributed by atoms with Crippen LogP contribution >= 0.6 is 31.9 Å². The number of carbonyl (C=O) groups is 1. The molecule has 0 bridgehead atoms. The molecule has 0 saturated heterocycles. The van der Waals surface area contributed by atoms with Gasteiger partial charge in [0.1, 0.15) is 11.5 Å². The molecular formula is C19H20Br2N2O3. The third-order valence-electron chi connectivity index (χ3n) is 3.43. The van der Waals surface area contributed by atoms with E-state index >= 15 is 0 Å². The minimum Gasteiger partial charge on any atom is -0.493 e. The van der Waals surface area contributed by atoms with Crippen LogP contribution in [0.15, 0.2) is 50.4 Å². The number of benzene rings is 2. The number of hydrazone groups is 1. The van der Waals surface area contributed by atoms with Gasteiger partial charge in [0.05, 0.1) is 12.8 Å². The fourth-order valence-corrected chi connectivity index (χ4v) is 3.01. The number of ether oxygens (including phenoxy) is 2. The Morgan fingerprint density at radius 2 is 1.77 bits per heavy atom. The zero-order chi connectivity index (χ0) is 18.9. The number of aryl methyl sites for hydroxylation is 1. The first kappa shape index (κ1) is 20.5. The van der Waals surface area contributed by atoms with E-state index < -0.39 is 0 Å². The summed E-state index contributed by atoms with van der Waals surface area (Å²) >= 11 is 6.84. The average molecular weight is 484 g/mol. The smallest absolute Gasteiger partial charge is 0.277 e. The lowest BCUT2D eigenvalue weighted by molar-refractivity contribution is -0.123. The molecular weight excluding hydrogens is 464 g/mol. The average Bonchev–Trinajstić information content (AvgIpc) is 2.62. The van der Waals surface area contributed by atoms with Crippen molar-refractivity contribution < 1.29 is 14.3 Å². The van der Waals surface area contributed by atoms with Gasteiger partial charge < -0.3 is 9.47 Å². The molecule has 0 fully saturated rings. The van der Waals surface area contributed by atoms with Gasteiger partial charge in [-0.1, -0.05) is 38.8 Å². The Morgan fingerprint density at radius 1 is 1.08 bits per heavy atom. The lowest BCUT2D eigenvalue weighted by atomic mass is 10.1. The van der Waals surface area contributed by atoms with Gasteiger partial charge in [-0.2, -0.15) is 5.10 Å². The first-order chi connectivity index (χ1) is 12.5. The molecule has 1 N–H and O–H groups in total. The maximum absolute atomic E-state index is 12.0. The van der Waals surface area contributed by atoms with E-state index in [0.717, 1.165) is 26.5 Å². The van der Waals surface area contributed by atoms with Gasteiger partial charge in [-0.3, -0.25) is 4.79 Å². The molecule has 0 aliphatic carbocycles. The molecule has 0 radical (unpaired) electrons. The molecule has 7 heteroatoms. The van der Waals surface area contributed by atoms with Crippen molar-refractivity contribution >= 4 is 44.0 Å². The van der Waals surface area contributed by atoms with E-state index in [0.29, 0.717) is 18.1 Å². The molecule has 0 aliphatic heterocycles. The van der Waals surface area contributed by atoms with Crippen molar-refractivity contribution in [2.24, 2.45) is 5.10 Å². The Morgan fingerprint density at radius 3 is 2.46 bits per heavy atom. The van der Waals surface area contributed by atoms with Gasteiger partial charge in [0, 0.05) is 14.5 Å². The van der Waals surface area contributed by atoms with Crippen molar-refractivity contribution in [3.63, 3.8) is 0 Å². The van der Waals surface area contributed by atoms with Gasteiger partial charge in [-0.25, -0.2) is 5.43 Å². The number of nitrogens with one attached hydrogen (secondary N) is 1. The molecule has 2 aromatic carbocycles. The Kier molecular flexibility index (Phi) is 8.12. The van der Waals surface area contributed by atoms with Crippen LogP contribution in [0.1, 0.15) is 25.0 Å². The predicted octanol–water partition coefficient (Wildman–Crippen LogP) is 4.70. The second-order valence-electron chi connectivity index (χ2n) is 5.30. The molecule has 5 nitrogen and oxygen atoms in total. The van der Waals surface area contributed by atoms with E-state index in [-0.39, 0.29) is 12.5 Å². The quantitative estimate of drug-likeness (QED) is 0.437. The Bertz CT molecular complexity index is 794. The summed E-state index contributed by atoms with van der Waals surface area (Å²) in [4.78, 5) is 12.0. The van der Waals surface area contributed by atoms with Crippen LogP contribution in [0.2, 0.25) is 0 Å². The third-order valence-corrected chi connectivity index (χ3v) is 4.41. The van der Waals surface area contributed by atoms with Crippen molar-refractivity contribution in [3.05, 3.63) is 56.5 Å². The number of rotatable bonds is 8. The Balaban J connectivity index is 1.93. The van der Waals surface area contributed by atoms with E-state index in [1.165, 1.54) is 0 Å². The summed E-state index contributed by atoms with van der Waals surface area (Å²) in [6.07, 6.45) is 2.36. The van der Waals surface area contributed by atoms with Crippen LogP contribution in [-0.2, 0) is 11.2 Å². The first-order valence-corrected chi connectivity index (χ1v) is 9.77. The molecule has 0 heterocycles. The van der Waals surface area contributed by atoms with Crippen molar-refractivity contribution in [2.45, 2.75) is 20.3 Å². The molecule has 2 aromatic rings. The van der Waals surface area contributed by atoms with Crippen LogP contribution in [0, 0.1) is 0 Å². The summed E-state index contributed by atoms with van der Waals surface area (Å²) in [6, 6.07) is 11.3. The molecule has 0 unspecified atom stereocenters. The normalized spacial score (nSPS) is 10.8. The lowest BCUT2D eigenvalue weighted by Crippen LogP contribution is -2.24. The van der Waals surface area contributed by atoms with E-state index in [9.17, 15) is 4.79 Å². The van der Waals surface area contributed by atoms with Crippen molar-refractivity contribution in [1.29, 1.82) is 0 Å². The molecule has 2 rings (SSSR count). The topological polar surface area (TPSA) is 59.9 Å². The van der Waals surface area contributed by atoms with Crippen LogP contribution in [0.25, 0.3) is 0 Å². The van der Waals surface area contributed by atoms with Gasteiger partial charge in [0.2, 0.25) is 0 Å². The van der Waals surface area contributed by atoms with E-state index in [4.69, 9.17) is 9.47 Å². The maximum Gasteiger partial charge on any atom is 0.277 e. The number of hydrogen-bond acceptors (Lipinski definition) is 4. The van der Waals surface area contributed by atoms with Crippen molar-refractivity contribution in [1.82, 2.24) is 5.43 Å². The third kappa shape index (κ3) is 6.14. The first-order valence-electron chi connectivity index (χ1n) is 8.19. The predicted molar refractivity (Wildman–Crippen MR) is 110 cm³/mol. The lowest BCUT2D eigenvalue weighted by Gasteiger charge is -2.10. The Labute approximate surface area is 170 Å². The summed E-state index contributed by atoms with van der Waals surface area (Å²) in [5.74, 6) is 1.06. The van der Waals surface area contributed by atoms with Gasteiger partial charge in [0.25, 0.3) is 5.91 Å². The number of amides is 1. The number of hydrogen-bond donors (Lipinski definition) is 1.